The van der Waals surface area contributed by atoms with Crippen molar-refractivity contribution in [1.82, 2.24) is 19.8 Å². The van der Waals surface area contributed by atoms with E-state index in [1.165, 1.54) is 28.0 Å². The number of hydrogen-bond donors (Lipinski definition) is 0. The van der Waals surface area contributed by atoms with E-state index in [-0.39, 0.29) is 11.4 Å². The molecule has 0 N–H and O–H groups in total. The van der Waals surface area contributed by atoms with E-state index < -0.39 is 11.6 Å². The van der Waals surface area contributed by atoms with Gasteiger partial charge in [-0.1, -0.05) is 47.7 Å². The Hall–Kier alpha value is -2.67. The summed E-state index contributed by atoms with van der Waals surface area (Å²) in [5.74, 6) is -1.69. The minimum Gasteiger partial charge on any atom is -0.204 e. The van der Waals surface area contributed by atoms with Crippen molar-refractivity contribution < 1.29 is 8.78 Å². The van der Waals surface area contributed by atoms with E-state index in [1.807, 2.05) is 30.3 Å². The van der Waals surface area contributed by atoms with Gasteiger partial charge in [0.15, 0.2) is 17.5 Å². The van der Waals surface area contributed by atoms with Crippen molar-refractivity contribution in [3.8, 4) is 22.0 Å². The van der Waals surface area contributed by atoms with Crippen LogP contribution in [0.15, 0.2) is 48.5 Å². The van der Waals surface area contributed by atoms with E-state index in [0.29, 0.717) is 4.96 Å². The molecule has 4 nitrogen and oxygen atoms in total. The lowest BCUT2D eigenvalue weighted by Crippen LogP contribution is -1.95. The summed E-state index contributed by atoms with van der Waals surface area (Å²) in [5, 5.41) is 13.1. The molecule has 0 fully saturated rings. The molecule has 0 aliphatic rings. The van der Waals surface area contributed by atoms with Crippen LogP contribution in [0.25, 0.3) is 26.9 Å². The van der Waals surface area contributed by atoms with Crippen LogP contribution in [-0.2, 0) is 0 Å². The summed E-state index contributed by atoms with van der Waals surface area (Å²) in [7, 11) is 0. The molecule has 0 saturated heterocycles. The average molecular weight is 314 g/mol. The summed E-state index contributed by atoms with van der Waals surface area (Å²) in [6, 6.07) is 13.5. The van der Waals surface area contributed by atoms with Crippen LogP contribution in [0.5, 0.6) is 0 Å². The molecule has 2 aromatic heterocycles. The highest BCUT2D eigenvalue weighted by molar-refractivity contribution is 7.19. The highest BCUT2D eigenvalue weighted by atomic mass is 32.1. The van der Waals surface area contributed by atoms with E-state index in [0.717, 1.165) is 16.6 Å². The second-order valence-electron chi connectivity index (χ2n) is 4.59. The average Bonchev–Trinajstić information content (AvgIpc) is 3.12. The Labute approximate surface area is 127 Å². The molecule has 22 heavy (non-hydrogen) atoms. The lowest BCUT2D eigenvalue weighted by Gasteiger charge is -2.00. The summed E-state index contributed by atoms with van der Waals surface area (Å²) in [5.41, 5.74) is 0.973. The van der Waals surface area contributed by atoms with Crippen LogP contribution < -0.4 is 0 Å². The van der Waals surface area contributed by atoms with Crippen LogP contribution >= 0.6 is 11.3 Å². The fraction of sp³-hybridized carbons (Fsp3) is 0. The van der Waals surface area contributed by atoms with Gasteiger partial charge < -0.3 is 0 Å². The monoisotopic (exact) mass is 314 g/mol. The van der Waals surface area contributed by atoms with E-state index >= 15 is 0 Å². The highest BCUT2D eigenvalue weighted by Crippen LogP contribution is 2.29. The Kier molecular flexibility index (Phi) is 2.93. The van der Waals surface area contributed by atoms with E-state index in [2.05, 4.69) is 15.3 Å². The molecule has 108 valence electrons. The fourth-order valence-electron chi connectivity index (χ4n) is 2.16. The van der Waals surface area contributed by atoms with Crippen molar-refractivity contribution in [2.24, 2.45) is 0 Å². The van der Waals surface area contributed by atoms with Gasteiger partial charge in [0.2, 0.25) is 4.96 Å². The number of benzene rings is 2. The van der Waals surface area contributed by atoms with Crippen molar-refractivity contribution in [1.29, 1.82) is 0 Å². The third kappa shape index (κ3) is 1.98. The van der Waals surface area contributed by atoms with Gasteiger partial charge in [-0.3, -0.25) is 0 Å². The Bertz CT molecular complexity index is 962. The van der Waals surface area contributed by atoms with Crippen molar-refractivity contribution in [3.63, 3.8) is 0 Å². The predicted octanol–water partition coefficient (Wildman–Crippen LogP) is 3.80. The smallest absolute Gasteiger partial charge is 0.204 e. The molecule has 4 aromatic rings. The van der Waals surface area contributed by atoms with Gasteiger partial charge in [0.1, 0.15) is 5.01 Å². The SMILES string of the molecule is Fc1cccc(-c2nnc3sc(-c4ccccc4)nn23)c1F. The van der Waals surface area contributed by atoms with Crippen LogP contribution in [0.1, 0.15) is 0 Å². The Morgan fingerprint density at radius 1 is 0.909 bits per heavy atom. The van der Waals surface area contributed by atoms with Crippen molar-refractivity contribution in [2.75, 3.05) is 0 Å². The lowest BCUT2D eigenvalue weighted by atomic mass is 10.2. The van der Waals surface area contributed by atoms with Crippen molar-refractivity contribution in [2.45, 2.75) is 0 Å². The molecule has 7 heteroatoms. The minimum atomic E-state index is -0.953. The van der Waals surface area contributed by atoms with Gasteiger partial charge in [-0.05, 0) is 12.1 Å². The van der Waals surface area contributed by atoms with Gasteiger partial charge in [0.25, 0.3) is 0 Å². The molecule has 0 aliphatic carbocycles. The first kappa shape index (κ1) is 13.0. The van der Waals surface area contributed by atoms with Crippen LogP contribution in [0, 0.1) is 11.6 Å². The molecule has 0 unspecified atom stereocenters. The first-order valence-electron chi connectivity index (χ1n) is 6.46. The van der Waals surface area contributed by atoms with Crippen LogP contribution in [0.4, 0.5) is 8.78 Å². The molecule has 0 saturated carbocycles. The largest absolute Gasteiger partial charge is 0.235 e. The van der Waals surface area contributed by atoms with Crippen molar-refractivity contribution in [3.05, 3.63) is 60.2 Å². The van der Waals surface area contributed by atoms with Gasteiger partial charge in [0.05, 0.1) is 5.56 Å². The third-order valence-electron chi connectivity index (χ3n) is 3.20. The zero-order chi connectivity index (χ0) is 15.1. The number of nitrogens with zero attached hydrogens (tertiary/aromatic N) is 4. The maximum Gasteiger partial charge on any atom is 0.235 e. The lowest BCUT2D eigenvalue weighted by molar-refractivity contribution is 0.510. The molecule has 2 heterocycles. The number of hydrogen-bond acceptors (Lipinski definition) is 4. The van der Waals surface area contributed by atoms with Gasteiger partial charge in [0, 0.05) is 5.56 Å². The van der Waals surface area contributed by atoms with Gasteiger partial charge in [-0.25, -0.2) is 8.78 Å². The normalized spacial score (nSPS) is 11.2. The van der Waals surface area contributed by atoms with Crippen LogP contribution in [-0.4, -0.2) is 19.8 Å². The molecule has 0 atom stereocenters. The first-order chi connectivity index (χ1) is 10.7. The number of halogens is 2. The first-order valence-corrected chi connectivity index (χ1v) is 7.28. The summed E-state index contributed by atoms with van der Waals surface area (Å²) >= 11 is 1.34. The Morgan fingerprint density at radius 2 is 1.73 bits per heavy atom. The van der Waals surface area contributed by atoms with Gasteiger partial charge in [-0.2, -0.15) is 9.61 Å². The maximum atomic E-state index is 13.9. The summed E-state index contributed by atoms with van der Waals surface area (Å²) in [4.78, 5) is 0.525. The number of fused-ring (bicyclic) bond motifs is 1. The van der Waals surface area contributed by atoms with E-state index in [1.54, 1.807) is 0 Å². The molecule has 4 rings (SSSR count). The summed E-state index contributed by atoms with van der Waals surface area (Å²) < 4.78 is 28.8. The summed E-state index contributed by atoms with van der Waals surface area (Å²) in [6.07, 6.45) is 0. The Balaban J connectivity index is 1.90. The molecular formula is C15H8F2N4S. The van der Waals surface area contributed by atoms with Crippen LogP contribution in [0.3, 0.4) is 0 Å². The topological polar surface area (TPSA) is 43.1 Å². The second-order valence-corrected chi connectivity index (χ2v) is 5.55. The Morgan fingerprint density at radius 3 is 2.55 bits per heavy atom. The van der Waals surface area contributed by atoms with Gasteiger partial charge in [-0.15, -0.1) is 10.2 Å². The molecule has 0 amide bonds. The van der Waals surface area contributed by atoms with E-state index in [4.69, 9.17) is 0 Å². The second kappa shape index (κ2) is 4.96. The zero-order valence-electron chi connectivity index (χ0n) is 11.1. The summed E-state index contributed by atoms with van der Waals surface area (Å²) in [6.45, 7) is 0. The van der Waals surface area contributed by atoms with Gasteiger partial charge >= 0.3 is 0 Å². The van der Waals surface area contributed by atoms with E-state index in [9.17, 15) is 8.78 Å². The molecule has 0 spiro atoms. The minimum absolute atomic E-state index is 0.0393. The molecular weight excluding hydrogens is 306 g/mol. The number of rotatable bonds is 2. The highest BCUT2D eigenvalue weighted by Gasteiger charge is 2.18. The third-order valence-corrected chi connectivity index (χ3v) is 4.15. The molecule has 2 aromatic carbocycles. The standard InChI is InChI=1S/C15H8F2N4S/c16-11-8-4-7-10(12(11)17)13-18-19-15-21(13)20-14(22-15)9-5-2-1-3-6-9/h1-8H. The predicted molar refractivity (Wildman–Crippen MR) is 79.4 cm³/mol. The fourth-order valence-corrected chi connectivity index (χ4v) is 3.00. The zero-order valence-corrected chi connectivity index (χ0v) is 11.9. The van der Waals surface area contributed by atoms with Crippen molar-refractivity contribution >= 4 is 16.3 Å². The maximum absolute atomic E-state index is 13.9. The van der Waals surface area contributed by atoms with Crippen LogP contribution in [0.2, 0.25) is 0 Å². The quantitative estimate of drug-likeness (QED) is 0.565. The molecule has 0 radical (unpaired) electrons. The molecule has 0 aliphatic heterocycles. The number of aromatic nitrogens is 4. The molecule has 0 bridgehead atoms.